The van der Waals surface area contributed by atoms with Gasteiger partial charge in [-0.05, 0) is 91.3 Å². The van der Waals surface area contributed by atoms with Crippen LogP contribution in [0.2, 0.25) is 0 Å². The van der Waals surface area contributed by atoms with E-state index >= 15 is 0 Å². The second kappa shape index (κ2) is 14.8. The van der Waals surface area contributed by atoms with Crippen LogP contribution in [0.4, 0.5) is 0 Å². The van der Waals surface area contributed by atoms with Gasteiger partial charge in [0.1, 0.15) is 48.8 Å². The summed E-state index contributed by atoms with van der Waals surface area (Å²) in [7, 11) is 0. The van der Waals surface area contributed by atoms with Gasteiger partial charge in [0.2, 0.25) is 6.29 Å². The lowest BCUT2D eigenvalue weighted by molar-refractivity contribution is -0.333. The minimum absolute atomic E-state index is 0.0276. The fourth-order valence-corrected chi connectivity index (χ4v) is 13.8. The molecule has 0 unspecified atom stereocenters. The summed E-state index contributed by atoms with van der Waals surface area (Å²) in [4.78, 5) is 14.7. The fraction of sp³-hybridized carbons (Fsp3) is 0.884. The van der Waals surface area contributed by atoms with Gasteiger partial charge >= 0.3 is 5.97 Å². The first-order valence-corrected chi connectivity index (χ1v) is 21.1. The molecular weight excluding hydrogens is 740 g/mol. The van der Waals surface area contributed by atoms with E-state index in [0.29, 0.717) is 32.1 Å². The third-order valence-electron chi connectivity index (χ3n) is 17.3. The smallest absolute Gasteiger partial charge is 0.319 e. The molecule has 2 aliphatic heterocycles. The number of carbonyl (C=O) groups is 1. The minimum Gasteiger partial charge on any atom is -0.432 e. The second-order valence-electron chi connectivity index (χ2n) is 20.6. The molecule has 6 fully saturated rings. The number of esters is 1. The van der Waals surface area contributed by atoms with Crippen LogP contribution in [-0.2, 0) is 23.7 Å². The molecule has 2 heterocycles. The number of carbonyl (C=O) groups excluding carboxylic acids is 1. The summed E-state index contributed by atoms with van der Waals surface area (Å²) in [5.41, 5.74) is -0.764. The predicted molar refractivity (Wildman–Crippen MR) is 203 cm³/mol. The highest BCUT2D eigenvalue weighted by Crippen LogP contribution is 2.76. The SMILES string of the molecule is C=C1CC(C)(C)C[C@H]2C3=CC[C@@H]4[C@@]5(C)CC[C@H](O[C@@H]6O[C@H](CO)[C@H](O)[C@H](O)[C@H]6O)[C@](C)(CO)[C@@H]5CC[C@@]4(C)[C@]3(C)CC[C@@]12C(=O)O[C@@H]1O[C@H](CO)[C@H](O)[C@H](O)[C@H]1O. The van der Waals surface area contributed by atoms with Crippen LogP contribution in [0.15, 0.2) is 23.8 Å². The van der Waals surface area contributed by atoms with E-state index in [-0.39, 0.29) is 46.0 Å². The lowest BCUT2D eigenvalue weighted by Crippen LogP contribution is -2.67. The van der Waals surface area contributed by atoms with E-state index in [9.17, 15) is 50.8 Å². The molecule has 14 heteroatoms. The molecule has 0 amide bonds. The molecule has 0 aromatic rings. The Kier molecular flexibility index (Phi) is 11.3. The molecule has 7 aliphatic rings. The van der Waals surface area contributed by atoms with Crippen LogP contribution in [0.3, 0.4) is 0 Å². The van der Waals surface area contributed by atoms with E-state index in [1.54, 1.807) is 0 Å². The Labute approximate surface area is 335 Å². The molecule has 0 spiro atoms. The summed E-state index contributed by atoms with van der Waals surface area (Å²) in [5, 5.41) is 94.1. The third kappa shape index (κ3) is 6.28. The molecule has 5 aliphatic carbocycles. The van der Waals surface area contributed by atoms with Crippen LogP contribution in [0.5, 0.6) is 0 Å². The Morgan fingerprint density at radius 1 is 0.772 bits per heavy atom. The van der Waals surface area contributed by atoms with Crippen molar-refractivity contribution in [3.63, 3.8) is 0 Å². The van der Waals surface area contributed by atoms with Gasteiger partial charge in [-0.3, -0.25) is 4.79 Å². The van der Waals surface area contributed by atoms with E-state index in [1.165, 1.54) is 5.57 Å². The van der Waals surface area contributed by atoms with E-state index in [2.05, 4.69) is 47.3 Å². The average Bonchev–Trinajstić information content (AvgIpc) is 3.16. The Morgan fingerprint density at radius 3 is 1.96 bits per heavy atom. The first kappa shape index (κ1) is 43.6. The quantitative estimate of drug-likeness (QED) is 0.101. The Morgan fingerprint density at radius 2 is 1.37 bits per heavy atom. The molecule has 0 bridgehead atoms. The number of rotatable bonds is 7. The largest absolute Gasteiger partial charge is 0.432 e. The van der Waals surface area contributed by atoms with Gasteiger partial charge in [-0.25, -0.2) is 0 Å². The lowest BCUT2D eigenvalue weighted by atomic mass is 9.33. The highest BCUT2D eigenvalue weighted by molar-refractivity contribution is 5.83. The van der Waals surface area contributed by atoms with Crippen molar-refractivity contribution in [3.8, 4) is 0 Å². The van der Waals surface area contributed by atoms with Crippen molar-refractivity contribution < 1.29 is 69.7 Å². The molecule has 0 aromatic heterocycles. The zero-order valence-corrected chi connectivity index (χ0v) is 34.4. The van der Waals surface area contributed by atoms with Crippen molar-refractivity contribution in [1.29, 1.82) is 0 Å². The Balaban J connectivity index is 1.19. The topological polar surface area (TPSA) is 236 Å². The Bertz CT molecular complexity index is 1580. The van der Waals surface area contributed by atoms with Gasteiger partial charge in [-0.2, -0.15) is 0 Å². The van der Waals surface area contributed by atoms with Gasteiger partial charge in [0.25, 0.3) is 0 Å². The molecule has 0 radical (unpaired) electrons. The van der Waals surface area contributed by atoms with E-state index < -0.39 is 97.5 Å². The van der Waals surface area contributed by atoms with Gasteiger partial charge in [0, 0.05) is 11.3 Å². The number of hydrogen-bond donors (Lipinski definition) is 9. The lowest BCUT2D eigenvalue weighted by Gasteiger charge is -2.71. The van der Waals surface area contributed by atoms with Gasteiger partial charge < -0.3 is 64.9 Å². The van der Waals surface area contributed by atoms with Crippen LogP contribution in [-0.4, -0.2) is 139 Å². The predicted octanol–water partition coefficient (Wildman–Crippen LogP) is 1.45. The maximum atomic E-state index is 14.7. The van der Waals surface area contributed by atoms with Crippen LogP contribution in [0.25, 0.3) is 0 Å². The van der Waals surface area contributed by atoms with Crippen molar-refractivity contribution in [2.75, 3.05) is 19.8 Å². The fourth-order valence-electron chi connectivity index (χ4n) is 13.8. The van der Waals surface area contributed by atoms with E-state index in [0.717, 1.165) is 31.3 Å². The van der Waals surface area contributed by atoms with Crippen molar-refractivity contribution in [2.24, 2.45) is 50.2 Å². The average molecular weight is 809 g/mol. The van der Waals surface area contributed by atoms with Crippen LogP contribution in [0, 0.1) is 50.2 Å². The van der Waals surface area contributed by atoms with Gasteiger partial charge in [-0.1, -0.05) is 65.3 Å². The highest BCUT2D eigenvalue weighted by Gasteiger charge is 2.71. The molecule has 14 nitrogen and oxygen atoms in total. The molecule has 2 saturated heterocycles. The molecule has 19 atom stereocenters. The van der Waals surface area contributed by atoms with Gasteiger partial charge in [-0.15, -0.1) is 0 Å². The standard InChI is InChI=1S/C43H68O14/c1-21-16-38(2,3)17-23-22-8-9-27-39(4)12-11-28(56-35-33(51)31(49)29(47)24(18-44)54-35)40(5,20-46)26(39)10-13-42(27,7)41(22,6)14-15-43(21,23)37(53)57-36-34(52)32(50)30(48)25(19-45)55-36/h8,23-36,44-52H,1,9-20H2,2-7H3/t23-,24+,25+,26+,27+,28-,29-,30-,31-,32-,33+,34+,35-,36-,39-,40+,41+,42+,43+/m0/s1. The zero-order valence-electron chi connectivity index (χ0n) is 34.4. The summed E-state index contributed by atoms with van der Waals surface area (Å²) in [6, 6.07) is 0. The van der Waals surface area contributed by atoms with Crippen molar-refractivity contribution in [1.82, 2.24) is 0 Å². The summed E-state index contributed by atoms with van der Waals surface area (Å²) < 4.78 is 23.8. The van der Waals surface area contributed by atoms with Crippen molar-refractivity contribution in [2.45, 2.75) is 167 Å². The molecule has 324 valence electrons. The molecule has 57 heavy (non-hydrogen) atoms. The van der Waals surface area contributed by atoms with E-state index in [1.807, 2.05) is 6.92 Å². The summed E-state index contributed by atoms with van der Waals surface area (Å²) >= 11 is 0. The number of fused-ring (bicyclic) bond motifs is 7. The molecule has 0 aromatic carbocycles. The normalized spacial score (nSPS) is 53.4. The first-order chi connectivity index (χ1) is 26.6. The second-order valence-corrected chi connectivity index (χ2v) is 20.6. The first-order valence-electron chi connectivity index (χ1n) is 21.1. The van der Waals surface area contributed by atoms with Crippen LogP contribution < -0.4 is 0 Å². The summed E-state index contributed by atoms with van der Waals surface area (Å²) in [6.07, 6.45) is -6.75. The third-order valence-corrected chi connectivity index (χ3v) is 17.3. The number of ether oxygens (including phenoxy) is 4. The number of aliphatic hydroxyl groups excluding tert-OH is 9. The maximum Gasteiger partial charge on any atom is 0.319 e. The van der Waals surface area contributed by atoms with Crippen molar-refractivity contribution in [3.05, 3.63) is 23.8 Å². The zero-order chi connectivity index (χ0) is 41.8. The van der Waals surface area contributed by atoms with Gasteiger partial charge in [0.05, 0.1) is 31.3 Å². The summed E-state index contributed by atoms with van der Waals surface area (Å²) in [6.45, 7) is 16.7. The summed E-state index contributed by atoms with van der Waals surface area (Å²) in [5.74, 6) is -0.594. The van der Waals surface area contributed by atoms with E-state index in [4.69, 9.17) is 18.9 Å². The molecule has 4 saturated carbocycles. The highest BCUT2D eigenvalue weighted by atomic mass is 16.7. The number of hydrogen-bond acceptors (Lipinski definition) is 14. The number of aliphatic hydroxyl groups is 9. The monoisotopic (exact) mass is 808 g/mol. The number of allylic oxidation sites excluding steroid dienone is 2. The molecule has 9 N–H and O–H groups in total. The minimum atomic E-state index is -1.71. The maximum absolute atomic E-state index is 14.7. The van der Waals surface area contributed by atoms with Crippen LogP contribution >= 0.6 is 0 Å². The Hall–Kier alpha value is -1.53. The van der Waals surface area contributed by atoms with Crippen molar-refractivity contribution >= 4 is 5.97 Å². The molecular formula is C43H68O14. The molecule has 7 rings (SSSR count). The van der Waals surface area contributed by atoms with Crippen LogP contribution in [0.1, 0.15) is 99.3 Å². The van der Waals surface area contributed by atoms with Gasteiger partial charge in [0.15, 0.2) is 6.29 Å².